The number of aliphatic imine (C=N–C) groups is 2. The minimum atomic E-state index is -0.0703. The van der Waals surface area contributed by atoms with Gasteiger partial charge in [0, 0.05) is 35.8 Å². The molecule has 0 saturated carbocycles. The molecule has 0 unspecified atom stereocenters. The van der Waals surface area contributed by atoms with Crippen LogP contribution in [0.1, 0.15) is 27.0 Å². The molecule has 0 amide bonds. The second-order valence-corrected chi connectivity index (χ2v) is 6.76. The first-order valence-corrected chi connectivity index (χ1v) is 8.35. The number of allylic oxidation sites excluding steroid dienone is 2. The molecule has 4 rings (SSSR count). The van der Waals surface area contributed by atoms with Crippen LogP contribution in [-0.2, 0) is 0 Å². The molecule has 2 aromatic carbocycles. The van der Waals surface area contributed by atoms with Gasteiger partial charge in [0.2, 0.25) is 5.96 Å². The zero-order valence-electron chi connectivity index (χ0n) is 14.2. The molecule has 1 aliphatic carbocycles. The molecule has 4 nitrogen and oxygen atoms in total. The highest BCUT2D eigenvalue weighted by Crippen LogP contribution is 2.38. The lowest BCUT2D eigenvalue weighted by Gasteiger charge is -2.20. The number of Topliss-reactive ketones (excluding diaryl/α,β-unsaturated/α-hetero) is 1. The molecule has 25 heavy (non-hydrogen) atoms. The summed E-state index contributed by atoms with van der Waals surface area (Å²) in [6.45, 7) is 1.97. The second-order valence-electron chi connectivity index (χ2n) is 6.35. The van der Waals surface area contributed by atoms with Crippen LogP contribution in [0.25, 0.3) is 5.57 Å². The van der Waals surface area contributed by atoms with Crippen molar-refractivity contribution in [3.8, 4) is 0 Å². The van der Waals surface area contributed by atoms with E-state index in [1.54, 1.807) is 0 Å². The normalized spacial score (nSPS) is 15.6. The number of fused-ring (bicyclic) bond motifs is 3. The Morgan fingerprint density at radius 2 is 1.68 bits per heavy atom. The zero-order valence-corrected chi connectivity index (χ0v) is 14.9. The predicted molar refractivity (Wildman–Crippen MR) is 102 cm³/mol. The first-order valence-electron chi connectivity index (χ1n) is 7.97. The van der Waals surface area contributed by atoms with E-state index in [-0.39, 0.29) is 5.78 Å². The Hall–Kier alpha value is -2.72. The lowest BCUT2D eigenvalue weighted by molar-refractivity contribution is 0.105. The van der Waals surface area contributed by atoms with Crippen molar-refractivity contribution < 1.29 is 4.79 Å². The molecule has 0 fully saturated rings. The molecule has 0 radical (unpaired) electrons. The molecule has 0 N–H and O–H groups in total. The van der Waals surface area contributed by atoms with Crippen LogP contribution in [0.15, 0.2) is 58.1 Å². The maximum absolute atomic E-state index is 13.2. The fourth-order valence-corrected chi connectivity index (χ4v) is 3.43. The molecule has 1 aliphatic heterocycles. The first kappa shape index (κ1) is 15.8. The van der Waals surface area contributed by atoms with Crippen molar-refractivity contribution >= 4 is 34.6 Å². The number of carbonyl (C=O) groups excluding carboxylic acids is 1. The lowest BCUT2D eigenvalue weighted by Crippen LogP contribution is -2.20. The smallest absolute Gasteiger partial charge is 0.226 e. The van der Waals surface area contributed by atoms with E-state index in [1.165, 1.54) is 0 Å². The summed E-state index contributed by atoms with van der Waals surface area (Å²) in [4.78, 5) is 24.3. The minimum absolute atomic E-state index is 0.0703. The summed E-state index contributed by atoms with van der Waals surface area (Å²) >= 11 is 6.46. The van der Waals surface area contributed by atoms with Crippen molar-refractivity contribution in [2.75, 3.05) is 14.1 Å². The summed E-state index contributed by atoms with van der Waals surface area (Å²) in [6, 6.07) is 13.2. The summed E-state index contributed by atoms with van der Waals surface area (Å²) in [5.41, 5.74) is 5.02. The van der Waals surface area contributed by atoms with E-state index in [1.807, 2.05) is 68.4 Å². The Bertz CT molecular complexity index is 1020. The number of guanidine groups is 1. The van der Waals surface area contributed by atoms with Crippen molar-refractivity contribution in [1.29, 1.82) is 0 Å². The predicted octanol–water partition coefficient (Wildman–Crippen LogP) is 3.98. The highest BCUT2D eigenvalue weighted by atomic mass is 35.5. The van der Waals surface area contributed by atoms with E-state index < -0.39 is 0 Å². The van der Waals surface area contributed by atoms with Gasteiger partial charge in [-0.3, -0.25) is 4.79 Å². The Labute approximate surface area is 151 Å². The van der Waals surface area contributed by atoms with Gasteiger partial charge in [-0.1, -0.05) is 48.0 Å². The Morgan fingerprint density at radius 3 is 2.36 bits per heavy atom. The summed E-state index contributed by atoms with van der Waals surface area (Å²) in [5, 5.41) is 0.545. The third kappa shape index (κ3) is 2.41. The average Bonchev–Trinajstić information content (AvgIpc) is 3.02. The van der Waals surface area contributed by atoms with Crippen LogP contribution >= 0.6 is 11.6 Å². The van der Waals surface area contributed by atoms with Gasteiger partial charge >= 0.3 is 0 Å². The lowest BCUT2D eigenvalue weighted by atomic mass is 9.84. The molecular formula is C20H16ClN3O. The molecule has 124 valence electrons. The first-order chi connectivity index (χ1) is 12.0. The van der Waals surface area contributed by atoms with Crippen LogP contribution in [0, 0.1) is 6.92 Å². The average molecular weight is 350 g/mol. The third-order valence-corrected chi connectivity index (χ3v) is 4.65. The number of rotatable bonds is 1. The van der Waals surface area contributed by atoms with Crippen LogP contribution in [-0.4, -0.2) is 36.4 Å². The van der Waals surface area contributed by atoms with Crippen molar-refractivity contribution in [3.05, 3.63) is 75.4 Å². The Morgan fingerprint density at radius 1 is 0.960 bits per heavy atom. The van der Waals surface area contributed by atoms with Crippen molar-refractivity contribution in [1.82, 2.24) is 4.90 Å². The molecule has 2 aromatic rings. The summed E-state index contributed by atoms with van der Waals surface area (Å²) < 4.78 is 0. The largest absolute Gasteiger partial charge is 0.347 e. The van der Waals surface area contributed by atoms with Gasteiger partial charge in [-0.25, -0.2) is 9.98 Å². The van der Waals surface area contributed by atoms with Gasteiger partial charge in [0.1, 0.15) is 11.4 Å². The van der Waals surface area contributed by atoms with Gasteiger partial charge < -0.3 is 4.90 Å². The Kier molecular flexibility index (Phi) is 3.58. The number of halogens is 1. The van der Waals surface area contributed by atoms with Gasteiger partial charge in [-0.05, 0) is 18.6 Å². The highest BCUT2D eigenvalue weighted by molar-refractivity contribution is 6.45. The fourth-order valence-electron chi connectivity index (χ4n) is 3.10. The molecule has 1 heterocycles. The topological polar surface area (TPSA) is 45.0 Å². The van der Waals surface area contributed by atoms with Crippen LogP contribution in [0.2, 0.25) is 5.02 Å². The number of aryl methyl sites for hydroxylation is 1. The van der Waals surface area contributed by atoms with Gasteiger partial charge in [0.15, 0.2) is 5.78 Å². The number of ketones is 1. The van der Waals surface area contributed by atoms with Crippen molar-refractivity contribution in [3.63, 3.8) is 0 Å². The highest BCUT2D eigenvalue weighted by Gasteiger charge is 2.35. The quantitative estimate of drug-likeness (QED) is 0.781. The molecule has 0 aromatic heterocycles. The SMILES string of the molecule is Cc1ccc(C2=C3N=C(N(C)C)N=C3c3ccccc3C2=O)c(Cl)c1. The molecule has 0 saturated heterocycles. The molecular weight excluding hydrogens is 334 g/mol. The fraction of sp³-hybridized carbons (Fsp3) is 0.150. The van der Waals surface area contributed by atoms with E-state index in [4.69, 9.17) is 11.6 Å². The number of carbonyl (C=O) groups is 1. The summed E-state index contributed by atoms with van der Waals surface area (Å²) in [5.74, 6) is 0.509. The van der Waals surface area contributed by atoms with E-state index in [9.17, 15) is 4.79 Å². The summed E-state index contributed by atoms with van der Waals surface area (Å²) in [6.07, 6.45) is 0. The molecule has 0 atom stereocenters. The maximum atomic E-state index is 13.2. The molecule has 0 spiro atoms. The van der Waals surface area contributed by atoms with Gasteiger partial charge in [-0.15, -0.1) is 0 Å². The van der Waals surface area contributed by atoms with E-state index in [2.05, 4.69) is 9.98 Å². The second kappa shape index (κ2) is 5.67. The number of benzene rings is 2. The third-order valence-electron chi connectivity index (χ3n) is 4.33. The van der Waals surface area contributed by atoms with Crippen LogP contribution < -0.4 is 0 Å². The van der Waals surface area contributed by atoms with Crippen molar-refractivity contribution in [2.45, 2.75) is 6.92 Å². The van der Waals surface area contributed by atoms with Crippen LogP contribution in [0.4, 0.5) is 0 Å². The minimum Gasteiger partial charge on any atom is -0.347 e. The summed E-state index contributed by atoms with van der Waals surface area (Å²) in [7, 11) is 3.76. The number of nitrogens with zero attached hydrogens (tertiary/aromatic N) is 3. The van der Waals surface area contributed by atoms with E-state index in [0.29, 0.717) is 33.4 Å². The van der Waals surface area contributed by atoms with Gasteiger partial charge in [0.25, 0.3) is 0 Å². The van der Waals surface area contributed by atoms with E-state index >= 15 is 0 Å². The zero-order chi connectivity index (χ0) is 17.7. The van der Waals surface area contributed by atoms with Crippen LogP contribution in [0.3, 0.4) is 0 Å². The number of hydrogen-bond acceptors (Lipinski definition) is 4. The molecule has 2 aliphatic rings. The van der Waals surface area contributed by atoms with E-state index in [0.717, 1.165) is 16.8 Å². The molecule has 0 bridgehead atoms. The maximum Gasteiger partial charge on any atom is 0.226 e. The Balaban J connectivity index is 2.03. The standard InChI is InChI=1S/C20H16ClN3O/c1-11-8-9-14(15(21)10-11)16-18-17(22-20(23-18)24(2)3)12-6-4-5-7-13(12)19(16)25/h4-10H,1-3H3. The monoisotopic (exact) mass is 349 g/mol. The number of hydrogen-bond donors (Lipinski definition) is 0. The van der Waals surface area contributed by atoms with Crippen LogP contribution in [0.5, 0.6) is 0 Å². The van der Waals surface area contributed by atoms with Gasteiger partial charge in [-0.2, -0.15) is 0 Å². The molecule has 5 heteroatoms. The van der Waals surface area contributed by atoms with Crippen molar-refractivity contribution in [2.24, 2.45) is 9.98 Å². The van der Waals surface area contributed by atoms with Gasteiger partial charge in [0.05, 0.1) is 5.57 Å².